The highest BCUT2D eigenvalue weighted by molar-refractivity contribution is 5.92. The van der Waals surface area contributed by atoms with Gasteiger partial charge in [-0.3, -0.25) is 4.79 Å². The topological polar surface area (TPSA) is 46.3 Å². The smallest absolute Gasteiger partial charge is 0.276 e. The van der Waals surface area contributed by atoms with Gasteiger partial charge in [0, 0.05) is 25.1 Å². The molecular formula is C19H24N2O2. The number of hydrogen-bond acceptors (Lipinski definition) is 3. The molecule has 0 spiro atoms. The van der Waals surface area contributed by atoms with E-state index in [1.165, 1.54) is 5.56 Å². The third kappa shape index (κ3) is 3.63. The molecule has 1 aliphatic rings. The molecular weight excluding hydrogens is 288 g/mol. The van der Waals surface area contributed by atoms with Crippen LogP contribution >= 0.6 is 0 Å². The first kappa shape index (κ1) is 15.8. The van der Waals surface area contributed by atoms with Crippen molar-refractivity contribution in [3.8, 4) is 0 Å². The first-order valence-corrected chi connectivity index (χ1v) is 8.46. The molecule has 3 rings (SSSR count). The Bertz CT molecular complexity index is 648. The van der Waals surface area contributed by atoms with Gasteiger partial charge >= 0.3 is 0 Å². The molecule has 1 fully saturated rings. The molecule has 0 aliphatic carbocycles. The van der Waals surface area contributed by atoms with E-state index in [0.29, 0.717) is 11.6 Å². The summed E-state index contributed by atoms with van der Waals surface area (Å²) in [6.45, 7) is 5.64. The van der Waals surface area contributed by atoms with Crippen LogP contribution in [0.4, 0.5) is 0 Å². The second-order valence-electron chi connectivity index (χ2n) is 6.60. The van der Waals surface area contributed by atoms with Crippen LogP contribution in [0.5, 0.6) is 0 Å². The molecule has 1 atom stereocenters. The number of nitrogens with zero attached hydrogens (tertiary/aromatic N) is 2. The lowest BCUT2D eigenvalue weighted by Crippen LogP contribution is -2.32. The van der Waals surface area contributed by atoms with Crippen LogP contribution in [-0.2, 0) is 0 Å². The van der Waals surface area contributed by atoms with Gasteiger partial charge in [-0.1, -0.05) is 49.3 Å². The van der Waals surface area contributed by atoms with E-state index in [2.05, 4.69) is 29.4 Å². The molecule has 1 aliphatic heterocycles. The molecule has 1 saturated heterocycles. The van der Waals surface area contributed by atoms with E-state index in [-0.39, 0.29) is 11.8 Å². The van der Waals surface area contributed by atoms with E-state index in [0.717, 1.165) is 38.1 Å². The summed E-state index contributed by atoms with van der Waals surface area (Å²) in [5.41, 5.74) is 1.82. The number of carbonyl (C=O) groups excluding carboxylic acids is 1. The molecule has 1 aromatic carbocycles. The number of hydrogen-bond donors (Lipinski definition) is 0. The second kappa shape index (κ2) is 6.99. The largest absolute Gasteiger partial charge is 0.360 e. The molecule has 1 amide bonds. The molecule has 0 unspecified atom stereocenters. The maximum Gasteiger partial charge on any atom is 0.276 e. The Morgan fingerprint density at radius 3 is 2.70 bits per heavy atom. The zero-order chi connectivity index (χ0) is 16.2. The van der Waals surface area contributed by atoms with Crippen LogP contribution < -0.4 is 0 Å². The molecule has 2 aromatic rings. The predicted octanol–water partition coefficient (Wildman–Crippen LogP) is 4.21. The molecule has 4 heteroatoms. The lowest BCUT2D eigenvalue weighted by atomic mass is 9.92. The maximum atomic E-state index is 12.6. The van der Waals surface area contributed by atoms with Crippen LogP contribution in [0, 0.1) is 0 Å². The molecule has 4 nitrogen and oxygen atoms in total. The van der Waals surface area contributed by atoms with Gasteiger partial charge in [-0.15, -0.1) is 0 Å². The average Bonchev–Trinajstić information content (AvgIpc) is 2.94. The summed E-state index contributed by atoms with van der Waals surface area (Å²) in [6.07, 6.45) is 3.16. The lowest BCUT2D eigenvalue weighted by Gasteiger charge is -2.19. The van der Waals surface area contributed by atoms with Crippen molar-refractivity contribution in [1.29, 1.82) is 0 Å². The Morgan fingerprint density at radius 2 is 2.00 bits per heavy atom. The van der Waals surface area contributed by atoms with E-state index in [1.54, 1.807) is 6.07 Å². The quantitative estimate of drug-likeness (QED) is 0.853. The highest BCUT2D eigenvalue weighted by Crippen LogP contribution is 2.28. The molecule has 122 valence electrons. The molecule has 2 heterocycles. The van der Waals surface area contributed by atoms with Gasteiger partial charge < -0.3 is 9.42 Å². The second-order valence-corrected chi connectivity index (χ2v) is 6.60. The fourth-order valence-corrected chi connectivity index (χ4v) is 3.18. The zero-order valence-corrected chi connectivity index (χ0v) is 13.9. The number of likely N-dealkylation sites (tertiary alicyclic amines) is 1. The Kier molecular flexibility index (Phi) is 4.79. The summed E-state index contributed by atoms with van der Waals surface area (Å²) in [4.78, 5) is 14.6. The van der Waals surface area contributed by atoms with Crippen molar-refractivity contribution in [3.63, 3.8) is 0 Å². The molecule has 23 heavy (non-hydrogen) atoms. The number of rotatable bonds is 3. The van der Waals surface area contributed by atoms with Crippen LogP contribution in [0.25, 0.3) is 0 Å². The van der Waals surface area contributed by atoms with Crippen LogP contribution in [0.2, 0.25) is 0 Å². The van der Waals surface area contributed by atoms with Crippen molar-refractivity contribution >= 4 is 5.91 Å². The van der Waals surface area contributed by atoms with Crippen LogP contribution in [0.1, 0.15) is 66.8 Å². The van der Waals surface area contributed by atoms with Crippen molar-refractivity contribution in [2.45, 2.75) is 44.9 Å². The van der Waals surface area contributed by atoms with Crippen molar-refractivity contribution in [1.82, 2.24) is 10.1 Å². The third-order valence-electron chi connectivity index (χ3n) is 4.60. The van der Waals surface area contributed by atoms with E-state index in [9.17, 15) is 4.79 Å². The number of amides is 1. The Balaban J connectivity index is 1.66. The van der Waals surface area contributed by atoms with Gasteiger partial charge in [0.1, 0.15) is 5.76 Å². The Labute approximate surface area is 137 Å². The van der Waals surface area contributed by atoms with Crippen LogP contribution in [0.3, 0.4) is 0 Å². The van der Waals surface area contributed by atoms with Crippen molar-refractivity contribution in [2.75, 3.05) is 13.1 Å². The van der Waals surface area contributed by atoms with Crippen molar-refractivity contribution < 1.29 is 9.32 Å². The van der Waals surface area contributed by atoms with Crippen LogP contribution in [-0.4, -0.2) is 29.1 Å². The zero-order valence-electron chi connectivity index (χ0n) is 13.9. The molecule has 0 radical (unpaired) electrons. The van der Waals surface area contributed by atoms with E-state index < -0.39 is 0 Å². The van der Waals surface area contributed by atoms with Gasteiger partial charge in [-0.2, -0.15) is 0 Å². The summed E-state index contributed by atoms with van der Waals surface area (Å²) in [7, 11) is 0. The van der Waals surface area contributed by atoms with Gasteiger partial charge in [-0.25, -0.2) is 0 Å². The maximum absolute atomic E-state index is 12.6. The first-order chi connectivity index (χ1) is 11.1. The predicted molar refractivity (Wildman–Crippen MR) is 89.5 cm³/mol. The summed E-state index contributed by atoms with van der Waals surface area (Å²) >= 11 is 0. The third-order valence-corrected chi connectivity index (χ3v) is 4.60. The highest BCUT2D eigenvalue weighted by Gasteiger charge is 2.24. The van der Waals surface area contributed by atoms with E-state index in [1.807, 2.05) is 24.8 Å². The van der Waals surface area contributed by atoms with E-state index >= 15 is 0 Å². The standard InChI is InChI=1S/C19H24N2O2/c1-14(2)18-13-17(20-23-18)19(22)21-11-6-9-16(10-12-21)15-7-4-3-5-8-15/h3-5,7-8,13-14,16H,6,9-12H2,1-2H3/t16-/m1/s1. The fourth-order valence-electron chi connectivity index (χ4n) is 3.18. The number of benzene rings is 1. The average molecular weight is 312 g/mol. The SMILES string of the molecule is CC(C)c1cc(C(=O)N2CCC[C@@H](c3ccccc3)CC2)no1. The fraction of sp³-hybridized carbons (Fsp3) is 0.474. The Morgan fingerprint density at radius 1 is 1.22 bits per heavy atom. The molecule has 0 bridgehead atoms. The molecule has 0 N–H and O–H groups in total. The lowest BCUT2D eigenvalue weighted by molar-refractivity contribution is 0.0750. The summed E-state index contributed by atoms with van der Waals surface area (Å²) in [5.74, 6) is 1.55. The first-order valence-electron chi connectivity index (χ1n) is 8.46. The Hall–Kier alpha value is -2.10. The van der Waals surface area contributed by atoms with Gasteiger partial charge in [0.15, 0.2) is 5.69 Å². The minimum Gasteiger partial charge on any atom is -0.360 e. The summed E-state index contributed by atoms with van der Waals surface area (Å²) in [6, 6.07) is 12.4. The van der Waals surface area contributed by atoms with Gasteiger partial charge in [-0.05, 0) is 30.7 Å². The normalized spacial score (nSPS) is 18.9. The minimum absolute atomic E-state index is 0.00522. The van der Waals surface area contributed by atoms with Crippen molar-refractivity contribution in [3.05, 3.63) is 53.4 Å². The number of aromatic nitrogens is 1. The monoisotopic (exact) mass is 312 g/mol. The summed E-state index contributed by atoms with van der Waals surface area (Å²) < 4.78 is 5.26. The van der Waals surface area contributed by atoms with Gasteiger partial charge in [0.25, 0.3) is 5.91 Å². The highest BCUT2D eigenvalue weighted by atomic mass is 16.5. The minimum atomic E-state index is -0.00522. The van der Waals surface area contributed by atoms with Gasteiger partial charge in [0.2, 0.25) is 0 Å². The molecule has 0 saturated carbocycles. The van der Waals surface area contributed by atoms with Gasteiger partial charge in [0.05, 0.1) is 0 Å². The number of carbonyl (C=O) groups is 1. The molecule has 1 aromatic heterocycles. The van der Waals surface area contributed by atoms with Crippen LogP contribution in [0.15, 0.2) is 40.9 Å². The van der Waals surface area contributed by atoms with E-state index in [4.69, 9.17) is 4.52 Å². The van der Waals surface area contributed by atoms with Crippen molar-refractivity contribution in [2.24, 2.45) is 0 Å². The summed E-state index contributed by atoms with van der Waals surface area (Å²) in [5, 5.41) is 3.95.